The van der Waals surface area contributed by atoms with E-state index in [1.165, 1.54) is 0 Å². The van der Waals surface area contributed by atoms with Crippen LogP contribution < -0.4 is 15.6 Å². The maximum absolute atomic E-state index is 5.22. The van der Waals surface area contributed by atoms with E-state index in [1.54, 1.807) is 6.21 Å². The molecule has 0 aromatic heterocycles. The van der Waals surface area contributed by atoms with Crippen LogP contribution in [0.5, 0.6) is 0 Å². The molecule has 0 heterocycles. The van der Waals surface area contributed by atoms with E-state index in [0.29, 0.717) is 5.11 Å². The van der Waals surface area contributed by atoms with Crippen LogP contribution in [0.15, 0.2) is 53.6 Å². The highest BCUT2D eigenvalue weighted by Gasteiger charge is 1.99. The van der Waals surface area contributed by atoms with E-state index in [1.807, 2.05) is 69.6 Å². The molecule has 0 saturated carbocycles. The van der Waals surface area contributed by atoms with Gasteiger partial charge in [0.2, 0.25) is 0 Å². The molecule has 0 saturated heterocycles. The number of thiocarbonyl (C=S) groups is 1. The summed E-state index contributed by atoms with van der Waals surface area (Å²) in [6.07, 6.45) is 1.74. The molecular weight excluding hydrogens is 292 g/mol. The Hall–Kier alpha value is -2.40. The van der Waals surface area contributed by atoms with Crippen LogP contribution in [0.1, 0.15) is 11.1 Å². The van der Waals surface area contributed by atoms with Crippen molar-refractivity contribution in [1.82, 2.24) is 5.43 Å². The van der Waals surface area contributed by atoms with Gasteiger partial charge in [-0.1, -0.05) is 30.3 Å². The summed E-state index contributed by atoms with van der Waals surface area (Å²) >= 11 is 5.22. The van der Waals surface area contributed by atoms with E-state index in [4.69, 9.17) is 12.2 Å². The van der Waals surface area contributed by atoms with E-state index in [2.05, 4.69) is 20.7 Å². The number of nitrogens with one attached hydrogen (secondary N) is 2. The molecule has 5 heteroatoms. The molecule has 0 aliphatic heterocycles. The predicted molar refractivity (Wildman–Crippen MR) is 98.9 cm³/mol. The van der Waals surface area contributed by atoms with Gasteiger partial charge in [0, 0.05) is 25.5 Å². The average Bonchev–Trinajstić information content (AvgIpc) is 2.50. The molecule has 0 radical (unpaired) electrons. The van der Waals surface area contributed by atoms with Gasteiger partial charge in [-0.15, -0.1) is 0 Å². The Bertz CT molecular complexity index is 663. The maximum atomic E-state index is 5.22. The molecule has 2 N–H and O–H groups in total. The van der Waals surface area contributed by atoms with Crippen LogP contribution in [0.3, 0.4) is 0 Å². The van der Waals surface area contributed by atoms with Gasteiger partial charge in [-0.2, -0.15) is 5.10 Å². The van der Waals surface area contributed by atoms with Crippen molar-refractivity contribution in [2.24, 2.45) is 5.10 Å². The molecule has 0 aliphatic carbocycles. The van der Waals surface area contributed by atoms with Crippen molar-refractivity contribution in [2.45, 2.75) is 6.92 Å². The van der Waals surface area contributed by atoms with Crippen LogP contribution in [0.4, 0.5) is 11.4 Å². The fraction of sp³-hybridized carbons (Fsp3) is 0.176. The fourth-order valence-corrected chi connectivity index (χ4v) is 2.05. The van der Waals surface area contributed by atoms with Crippen molar-refractivity contribution in [2.75, 3.05) is 24.3 Å². The van der Waals surface area contributed by atoms with Gasteiger partial charge in [-0.05, 0) is 48.5 Å². The van der Waals surface area contributed by atoms with Crippen LogP contribution in [0.2, 0.25) is 0 Å². The lowest BCUT2D eigenvalue weighted by Gasteiger charge is -2.11. The Morgan fingerprint density at radius 2 is 1.77 bits per heavy atom. The number of hydrazone groups is 1. The lowest BCUT2D eigenvalue weighted by atomic mass is 10.2. The molecule has 2 aromatic carbocycles. The second-order valence-corrected chi connectivity index (χ2v) is 5.53. The normalized spacial score (nSPS) is 10.5. The number of aryl methyl sites for hydroxylation is 1. The molecule has 114 valence electrons. The van der Waals surface area contributed by atoms with Crippen molar-refractivity contribution >= 4 is 34.9 Å². The van der Waals surface area contributed by atoms with Crippen LogP contribution >= 0.6 is 12.2 Å². The SMILES string of the molecule is Cc1ccccc1NC(=S)N/N=C\c1ccc(N(C)C)cc1. The average molecular weight is 312 g/mol. The van der Waals surface area contributed by atoms with Crippen molar-refractivity contribution in [1.29, 1.82) is 0 Å². The summed E-state index contributed by atoms with van der Waals surface area (Å²) in [5.41, 5.74) is 7.10. The highest BCUT2D eigenvalue weighted by molar-refractivity contribution is 7.80. The quantitative estimate of drug-likeness (QED) is 0.516. The molecular formula is C17H20N4S. The number of rotatable bonds is 4. The second kappa shape index (κ2) is 7.56. The van der Waals surface area contributed by atoms with Crippen molar-refractivity contribution < 1.29 is 0 Å². The zero-order valence-corrected chi connectivity index (χ0v) is 13.8. The molecule has 2 aromatic rings. The van der Waals surface area contributed by atoms with Gasteiger partial charge >= 0.3 is 0 Å². The lowest BCUT2D eigenvalue weighted by molar-refractivity contribution is 1.05. The van der Waals surface area contributed by atoms with E-state index >= 15 is 0 Å². The number of hydrogen-bond acceptors (Lipinski definition) is 3. The molecule has 0 aliphatic rings. The zero-order chi connectivity index (χ0) is 15.9. The fourth-order valence-electron chi connectivity index (χ4n) is 1.89. The molecule has 0 fully saturated rings. The van der Waals surface area contributed by atoms with Crippen molar-refractivity contribution in [3.63, 3.8) is 0 Å². The Kier molecular flexibility index (Phi) is 5.49. The number of benzene rings is 2. The lowest BCUT2D eigenvalue weighted by Crippen LogP contribution is -2.24. The maximum Gasteiger partial charge on any atom is 0.191 e. The van der Waals surface area contributed by atoms with Gasteiger partial charge in [0.1, 0.15) is 0 Å². The van der Waals surface area contributed by atoms with E-state index in [9.17, 15) is 0 Å². The zero-order valence-electron chi connectivity index (χ0n) is 13.0. The number of hydrogen-bond donors (Lipinski definition) is 2. The number of para-hydroxylation sites is 1. The van der Waals surface area contributed by atoms with Crippen molar-refractivity contribution in [3.8, 4) is 0 Å². The molecule has 0 unspecified atom stereocenters. The predicted octanol–water partition coefficient (Wildman–Crippen LogP) is 3.38. The van der Waals surface area contributed by atoms with Crippen LogP contribution in [0.25, 0.3) is 0 Å². The Balaban J connectivity index is 1.89. The van der Waals surface area contributed by atoms with Crippen LogP contribution in [-0.4, -0.2) is 25.4 Å². The van der Waals surface area contributed by atoms with E-state index in [-0.39, 0.29) is 0 Å². The smallest absolute Gasteiger partial charge is 0.191 e. The Labute approximate surface area is 136 Å². The first-order valence-electron chi connectivity index (χ1n) is 6.99. The van der Waals surface area contributed by atoms with Gasteiger partial charge in [-0.3, -0.25) is 5.43 Å². The molecule has 0 amide bonds. The van der Waals surface area contributed by atoms with E-state index in [0.717, 1.165) is 22.5 Å². The minimum atomic E-state index is 0.468. The summed E-state index contributed by atoms with van der Waals surface area (Å²) < 4.78 is 0. The number of nitrogens with zero attached hydrogens (tertiary/aromatic N) is 2. The van der Waals surface area contributed by atoms with Gasteiger partial charge in [-0.25, -0.2) is 0 Å². The third-order valence-corrected chi connectivity index (χ3v) is 3.38. The minimum absolute atomic E-state index is 0.468. The first-order valence-corrected chi connectivity index (χ1v) is 7.40. The standard InChI is InChI=1S/C17H20N4S/c1-13-6-4-5-7-16(13)19-17(22)20-18-12-14-8-10-15(11-9-14)21(2)3/h4-12H,1-3H3,(H2,19,20,22)/b18-12-. The highest BCUT2D eigenvalue weighted by atomic mass is 32.1. The summed E-state index contributed by atoms with van der Waals surface area (Å²) in [5, 5.41) is 7.74. The Morgan fingerprint density at radius 1 is 1.09 bits per heavy atom. The molecule has 0 bridgehead atoms. The Morgan fingerprint density at radius 3 is 2.41 bits per heavy atom. The third kappa shape index (κ3) is 4.56. The summed E-state index contributed by atoms with van der Waals surface area (Å²) in [4.78, 5) is 2.06. The first-order chi connectivity index (χ1) is 10.6. The summed E-state index contributed by atoms with van der Waals surface area (Å²) in [7, 11) is 4.03. The largest absolute Gasteiger partial charge is 0.378 e. The van der Waals surface area contributed by atoms with Gasteiger partial charge in [0.15, 0.2) is 5.11 Å². The molecule has 2 rings (SSSR count). The van der Waals surface area contributed by atoms with Gasteiger partial charge in [0.25, 0.3) is 0 Å². The second-order valence-electron chi connectivity index (χ2n) is 5.13. The van der Waals surface area contributed by atoms with Gasteiger partial charge < -0.3 is 10.2 Å². The third-order valence-electron chi connectivity index (χ3n) is 3.18. The van der Waals surface area contributed by atoms with Gasteiger partial charge in [0.05, 0.1) is 6.21 Å². The number of anilines is 2. The monoisotopic (exact) mass is 312 g/mol. The van der Waals surface area contributed by atoms with Crippen molar-refractivity contribution in [3.05, 3.63) is 59.7 Å². The van der Waals surface area contributed by atoms with Crippen LogP contribution in [-0.2, 0) is 0 Å². The summed E-state index contributed by atoms with van der Waals surface area (Å²) in [6.45, 7) is 2.03. The topological polar surface area (TPSA) is 39.7 Å². The summed E-state index contributed by atoms with van der Waals surface area (Å²) in [6, 6.07) is 16.1. The van der Waals surface area contributed by atoms with E-state index < -0.39 is 0 Å². The van der Waals surface area contributed by atoms with Crippen LogP contribution in [0, 0.1) is 6.92 Å². The molecule has 0 atom stereocenters. The first kappa shape index (κ1) is 16.0. The molecule has 0 spiro atoms. The highest BCUT2D eigenvalue weighted by Crippen LogP contribution is 2.13. The molecule has 4 nitrogen and oxygen atoms in total. The summed E-state index contributed by atoms with van der Waals surface area (Å²) in [5.74, 6) is 0. The minimum Gasteiger partial charge on any atom is -0.378 e. The molecule has 22 heavy (non-hydrogen) atoms.